The first-order valence-electron chi connectivity index (χ1n) is 6.75. The molecule has 1 aliphatic heterocycles. The van der Waals surface area contributed by atoms with E-state index in [2.05, 4.69) is 20.4 Å². The van der Waals surface area contributed by atoms with Gasteiger partial charge in [0.05, 0.1) is 11.0 Å². The zero-order valence-electron chi connectivity index (χ0n) is 12.2. The van der Waals surface area contributed by atoms with Gasteiger partial charge in [0.2, 0.25) is 0 Å². The number of nitrogens with one attached hydrogen (secondary N) is 1. The minimum atomic E-state index is -0.496. The van der Waals surface area contributed by atoms with Crippen LogP contribution in [-0.4, -0.2) is 46.6 Å². The summed E-state index contributed by atoms with van der Waals surface area (Å²) in [6.45, 7) is 2.47. The molecular weight excluding hydrogens is 345 g/mol. The van der Waals surface area contributed by atoms with E-state index >= 15 is 0 Å². The molecule has 8 nitrogen and oxygen atoms in total. The largest absolute Gasteiger partial charge is 0.334 e. The predicted octanol–water partition coefficient (Wildman–Crippen LogP) is 2.30. The van der Waals surface area contributed by atoms with Gasteiger partial charge in [0.1, 0.15) is 5.56 Å². The summed E-state index contributed by atoms with van der Waals surface area (Å²) in [7, 11) is 1.98. The van der Waals surface area contributed by atoms with Crippen LogP contribution >= 0.6 is 24.0 Å². The molecule has 1 unspecified atom stereocenters. The average Bonchev–Trinajstić information content (AvgIpc) is 2.97. The monoisotopic (exact) mass is 359 g/mol. The standard InChI is InChI=1S/C13H14ClN5O3.ClH/c1-18-5-4-15-7-11(18)12-16-13(22-17-12)9-6-8(14)2-3-10(9)19(20)21;/h2-3,6,11,15H,4-5,7H2,1H3;1H. The number of aromatic nitrogens is 2. The van der Waals surface area contributed by atoms with Crippen LogP contribution in [0.4, 0.5) is 5.69 Å². The van der Waals surface area contributed by atoms with Crippen LogP contribution in [0.2, 0.25) is 5.02 Å². The van der Waals surface area contributed by atoms with E-state index in [1.54, 1.807) is 0 Å². The van der Waals surface area contributed by atoms with Crippen LogP contribution in [-0.2, 0) is 0 Å². The van der Waals surface area contributed by atoms with Gasteiger partial charge >= 0.3 is 0 Å². The third kappa shape index (κ3) is 3.61. The van der Waals surface area contributed by atoms with Gasteiger partial charge in [-0.2, -0.15) is 4.98 Å². The highest BCUT2D eigenvalue weighted by Crippen LogP contribution is 2.32. The van der Waals surface area contributed by atoms with Crippen molar-refractivity contribution >= 4 is 29.7 Å². The number of likely N-dealkylation sites (N-methyl/N-ethyl adjacent to an activating group) is 1. The van der Waals surface area contributed by atoms with Gasteiger partial charge in [-0.1, -0.05) is 16.8 Å². The maximum absolute atomic E-state index is 11.1. The molecule has 0 saturated carbocycles. The second-order valence-electron chi connectivity index (χ2n) is 5.08. The molecule has 10 heteroatoms. The van der Waals surface area contributed by atoms with Crippen molar-refractivity contribution in [1.29, 1.82) is 0 Å². The molecule has 124 valence electrons. The van der Waals surface area contributed by atoms with E-state index in [1.807, 2.05) is 7.05 Å². The zero-order valence-corrected chi connectivity index (χ0v) is 13.8. The number of piperazine rings is 1. The highest BCUT2D eigenvalue weighted by molar-refractivity contribution is 6.31. The zero-order chi connectivity index (χ0) is 15.7. The lowest BCUT2D eigenvalue weighted by Crippen LogP contribution is -2.44. The number of nitro groups is 1. The van der Waals surface area contributed by atoms with Crippen LogP contribution < -0.4 is 5.32 Å². The van der Waals surface area contributed by atoms with Crippen LogP contribution in [0.15, 0.2) is 22.7 Å². The first-order chi connectivity index (χ1) is 10.6. The summed E-state index contributed by atoms with van der Waals surface area (Å²) >= 11 is 5.92. The number of hydrogen-bond acceptors (Lipinski definition) is 7. The fraction of sp³-hybridized carbons (Fsp3) is 0.385. The molecule has 0 amide bonds. The maximum Gasteiger partial charge on any atom is 0.282 e. The molecule has 1 aromatic heterocycles. The molecule has 2 aromatic rings. The third-order valence-electron chi connectivity index (χ3n) is 3.64. The molecule has 0 bridgehead atoms. The van der Waals surface area contributed by atoms with Crippen LogP contribution in [0, 0.1) is 10.1 Å². The Balaban J connectivity index is 0.00000192. The molecule has 0 aliphatic carbocycles. The van der Waals surface area contributed by atoms with Crippen LogP contribution in [0.5, 0.6) is 0 Å². The second kappa shape index (κ2) is 7.22. The molecule has 1 atom stereocenters. The SMILES string of the molecule is CN1CCNCC1c1noc(-c2cc(Cl)ccc2[N+](=O)[O-])n1.Cl. The summed E-state index contributed by atoms with van der Waals surface area (Å²) in [6.07, 6.45) is 0. The van der Waals surface area contributed by atoms with Gasteiger partial charge in [0.25, 0.3) is 11.6 Å². The Bertz CT molecular complexity index is 709. The summed E-state index contributed by atoms with van der Waals surface area (Å²) in [6, 6.07) is 4.22. The number of nitrogens with zero attached hydrogens (tertiary/aromatic N) is 4. The fourth-order valence-electron chi connectivity index (χ4n) is 2.41. The van der Waals surface area contributed by atoms with E-state index in [0.29, 0.717) is 17.4 Å². The van der Waals surface area contributed by atoms with E-state index in [4.69, 9.17) is 16.1 Å². The van der Waals surface area contributed by atoms with Gasteiger partial charge in [-0.3, -0.25) is 15.0 Å². The molecule has 1 fully saturated rings. The van der Waals surface area contributed by atoms with Crippen molar-refractivity contribution in [1.82, 2.24) is 20.4 Å². The summed E-state index contributed by atoms with van der Waals surface area (Å²) in [5.41, 5.74) is 0.109. The number of halogens is 2. The van der Waals surface area contributed by atoms with Crippen molar-refractivity contribution in [2.45, 2.75) is 6.04 Å². The third-order valence-corrected chi connectivity index (χ3v) is 3.87. The van der Waals surface area contributed by atoms with E-state index in [0.717, 1.165) is 13.1 Å². The molecule has 1 aromatic carbocycles. The molecule has 2 heterocycles. The summed E-state index contributed by atoms with van der Waals surface area (Å²) in [5.74, 6) is 0.599. The Labute approximate surface area is 143 Å². The van der Waals surface area contributed by atoms with Crippen molar-refractivity contribution in [2.75, 3.05) is 26.7 Å². The predicted molar refractivity (Wildman–Crippen MR) is 86.9 cm³/mol. The van der Waals surface area contributed by atoms with Crippen LogP contribution in [0.1, 0.15) is 11.9 Å². The van der Waals surface area contributed by atoms with Gasteiger partial charge in [-0.25, -0.2) is 0 Å². The fourth-order valence-corrected chi connectivity index (χ4v) is 2.58. The molecule has 1 saturated heterocycles. The summed E-state index contributed by atoms with van der Waals surface area (Å²) in [5, 5.41) is 18.7. The molecule has 0 spiro atoms. The van der Waals surface area contributed by atoms with E-state index in [-0.39, 0.29) is 35.6 Å². The highest BCUT2D eigenvalue weighted by atomic mass is 35.5. The minimum absolute atomic E-state index is 0. The minimum Gasteiger partial charge on any atom is -0.334 e. The molecular formula is C13H15Cl2N5O3. The lowest BCUT2D eigenvalue weighted by Gasteiger charge is -2.30. The van der Waals surface area contributed by atoms with E-state index < -0.39 is 4.92 Å². The first-order valence-corrected chi connectivity index (χ1v) is 7.13. The number of hydrogen-bond donors (Lipinski definition) is 1. The molecule has 3 rings (SSSR count). The molecule has 23 heavy (non-hydrogen) atoms. The quantitative estimate of drug-likeness (QED) is 0.662. The van der Waals surface area contributed by atoms with Gasteiger partial charge in [-0.05, 0) is 19.2 Å². The number of rotatable bonds is 3. The average molecular weight is 360 g/mol. The van der Waals surface area contributed by atoms with Crippen LogP contribution in [0.25, 0.3) is 11.5 Å². The van der Waals surface area contributed by atoms with Crippen LogP contribution in [0.3, 0.4) is 0 Å². The lowest BCUT2D eigenvalue weighted by molar-refractivity contribution is -0.384. The Hall–Kier alpha value is -1.74. The first kappa shape index (κ1) is 17.6. The molecule has 0 radical (unpaired) electrons. The topological polar surface area (TPSA) is 97.3 Å². The second-order valence-corrected chi connectivity index (χ2v) is 5.51. The number of benzene rings is 1. The van der Waals surface area contributed by atoms with Gasteiger partial charge in [-0.15, -0.1) is 12.4 Å². The molecule has 1 aliphatic rings. The van der Waals surface area contributed by atoms with Crippen molar-refractivity contribution in [3.8, 4) is 11.5 Å². The van der Waals surface area contributed by atoms with Gasteiger partial charge in [0, 0.05) is 30.7 Å². The van der Waals surface area contributed by atoms with Gasteiger partial charge < -0.3 is 9.84 Å². The van der Waals surface area contributed by atoms with E-state index in [1.165, 1.54) is 18.2 Å². The summed E-state index contributed by atoms with van der Waals surface area (Å²) in [4.78, 5) is 17.0. The van der Waals surface area contributed by atoms with Gasteiger partial charge in [0.15, 0.2) is 5.82 Å². The maximum atomic E-state index is 11.1. The van der Waals surface area contributed by atoms with Crippen molar-refractivity contribution in [3.05, 3.63) is 39.2 Å². The normalized spacial score (nSPS) is 18.4. The Kier molecular flexibility index (Phi) is 5.53. The van der Waals surface area contributed by atoms with Crippen molar-refractivity contribution < 1.29 is 9.45 Å². The Morgan fingerprint density at radius 1 is 1.52 bits per heavy atom. The highest BCUT2D eigenvalue weighted by Gasteiger charge is 2.27. The molecule has 1 N–H and O–H groups in total. The van der Waals surface area contributed by atoms with Crippen molar-refractivity contribution in [2.24, 2.45) is 0 Å². The summed E-state index contributed by atoms with van der Waals surface area (Å²) < 4.78 is 5.22. The van der Waals surface area contributed by atoms with Crippen molar-refractivity contribution in [3.63, 3.8) is 0 Å². The van der Waals surface area contributed by atoms with E-state index in [9.17, 15) is 10.1 Å². The Morgan fingerprint density at radius 3 is 3.00 bits per heavy atom. The smallest absolute Gasteiger partial charge is 0.282 e. The lowest BCUT2D eigenvalue weighted by atomic mass is 10.1. The number of nitro benzene ring substituents is 1. The Morgan fingerprint density at radius 2 is 2.30 bits per heavy atom.